The molecule has 2 N–H and O–H groups in total. The highest BCUT2D eigenvalue weighted by Gasteiger charge is 2.21. The highest BCUT2D eigenvalue weighted by Crippen LogP contribution is 2.17. The summed E-state index contributed by atoms with van der Waals surface area (Å²) in [6, 6.07) is 5.15. The van der Waals surface area contributed by atoms with Gasteiger partial charge in [0.15, 0.2) is 5.03 Å². The molecule has 0 aliphatic heterocycles. The van der Waals surface area contributed by atoms with Gasteiger partial charge in [0, 0.05) is 12.6 Å². The summed E-state index contributed by atoms with van der Waals surface area (Å²) in [5.74, 6) is -0.389. The van der Waals surface area contributed by atoms with Gasteiger partial charge in [0.2, 0.25) is 5.91 Å². The van der Waals surface area contributed by atoms with Crippen LogP contribution in [-0.4, -0.2) is 23.7 Å². The number of pyridine rings is 1. The maximum absolute atomic E-state index is 12.2. The Hall–Kier alpha value is -1.93. The van der Waals surface area contributed by atoms with Crippen LogP contribution >= 0.6 is 0 Å². The topological polar surface area (TPSA) is 92.6 Å². The number of amides is 1. The second-order valence-electron chi connectivity index (χ2n) is 5.92. The van der Waals surface area contributed by atoms with Crippen LogP contribution < -0.4 is 10.3 Å². The van der Waals surface area contributed by atoms with E-state index in [-0.39, 0.29) is 22.8 Å². The number of nitrogens with one attached hydrogen (secondary N) is 2. The number of hydrogen-bond acceptors (Lipinski definition) is 4. The molecule has 0 saturated carbocycles. The predicted octanol–water partition coefficient (Wildman–Crippen LogP) is 1.08. The zero-order valence-corrected chi connectivity index (χ0v) is 12.9. The average molecular weight is 310 g/mol. The van der Waals surface area contributed by atoms with E-state index in [1.165, 1.54) is 10.6 Å². The van der Waals surface area contributed by atoms with Gasteiger partial charge >= 0.3 is 0 Å². The Labute approximate surface area is 123 Å². The fraction of sp³-hybridized carbons (Fsp3) is 0.385. The van der Waals surface area contributed by atoms with Crippen molar-refractivity contribution in [1.29, 1.82) is 0 Å². The van der Waals surface area contributed by atoms with Gasteiger partial charge in [-0.25, -0.2) is 13.4 Å². The fourth-order valence-corrected chi connectivity index (χ4v) is 2.77. The molecule has 1 amide bonds. The van der Waals surface area contributed by atoms with Crippen molar-refractivity contribution in [3.05, 3.63) is 30.6 Å². The molecule has 2 rings (SSSR count). The van der Waals surface area contributed by atoms with E-state index in [0.717, 1.165) is 0 Å². The lowest BCUT2D eigenvalue weighted by molar-refractivity contribution is -0.123. The Bertz CT molecular complexity index is 759. The molecule has 2 aromatic rings. The van der Waals surface area contributed by atoms with Crippen molar-refractivity contribution in [2.45, 2.75) is 32.2 Å². The molecular weight excluding hydrogens is 292 g/mol. The zero-order valence-electron chi connectivity index (χ0n) is 12.1. The summed E-state index contributed by atoms with van der Waals surface area (Å²) < 4.78 is 25.8. The molecule has 2 heterocycles. The maximum Gasteiger partial charge on any atom is 0.274 e. The number of nitrogens with zero attached hydrogens (tertiary/aromatic N) is 2. The van der Waals surface area contributed by atoms with Crippen LogP contribution in [0.2, 0.25) is 0 Å². The molecule has 2 aromatic heterocycles. The van der Waals surface area contributed by atoms with Crippen LogP contribution in [-0.2, 0) is 14.8 Å². The monoisotopic (exact) mass is 310 g/mol. The third-order valence-corrected chi connectivity index (χ3v) is 3.90. The van der Waals surface area contributed by atoms with Gasteiger partial charge in [-0.1, -0.05) is 26.8 Å². The fourth-order valence-electron chi connectivity index (χ4n) is 1.81. The van der Waals surface area contributed by atoms with E-state index in [4.69, 9.17) is 0 Å². The minimum Gasteiger partial charge on any atom is -0.289 e. The van der Waals surface area contributed by atoms with Crippen molar-refractivity contribution in [1.82, 2.24) is 19.6 Å². The summed E-state index contributed by atoms with van der Waals surface area (Å²) in [4.78, 5) is 17.8. The number of sulfonamides is 1. The van der Waals surface area contributed by atoms with Gasteiger partial charge in [-0.05, 0) is 17.5 Å². The van der Waals surface area contributed by atoms with Crippen molar-refractivity contribution in [3.8, 4) is 0 Å². The summed E-state index contributed by atoms with van der Waals surface area (Å²) in [6.45, 7) is 5.68. The first-order valence-corrected chi connectivity index (χ1v) is 7.90. The normalized spacial score (nSPS) is 12.5. The van der Waals surface area contributed by atoms with E-state index in [1.54, 1.807) is 24.4 Å². The molecule has 0 saturated heterocycles. The SMILES string of the molecule is CC(C)(C)CC(=O)NNS(=O)(=O)c1cnc2ccccn12. The third-order valence-electron chi connectivity index (χ3n) is 2.67. The van der Waals surface area contributed by atoms with Gasteiger partial charge in [-0.15, -0.1) is 4.83 Å². The first-order valence-electron chi connectivity index (χ1n) is 6.42. The molecule has 0 fully saturated rings. The Morgan fingerprint density at radius 2 is 2.05 bits per heavy atom. The van der Waals surface area contributed by atoms with Crippen molar-refractivity contribution in [2.24, 2.45) is 5.41 Å². The maximum atomic E-state index is 12.2. The lowest BCUT2D eigenvalue weighted by atomic mass is 9.92. The number of aromatic nitrogens is 2. The number of carbonyl (C=O) groups is 1. The highest BCUT2D eigenvalue weighted by molar-refractivity contribution is 7.89. The number of hydrazine groups is 1. The molecular formula is C13H18N4O3S. The first-order chi connectivity index (χ1) is 9.69. The van der Waals surface area contributed by atoms with Crippen LogP contribution in [0.4, 0.5) is 0 Å². The Morgan fingerprint density at radius 1 is 1.33 bits per heavy atom. The Kier molecular flexibility index (Phi) is 4.02. The summed E-state index contributed by atoms with van der Waals surface area (Å²) in [5.41, 5.74) is 2.50. The second-order valence-corrected chi connectivity index (χ2v) is 7.55. The number of carbonyl (C=O) groups excluding carboxylic acids is 1. The van der Waals surface area contributed by atoms with Crippen molar-refractivity contribution >= 4 is 21.6 Å². The number of fused-ring (bicyclic) bond motifs is 1. The van der Waals surface area contributed by atoms with Crippen LogP contribution in [0, 0.1) is 5.41 Å². The molecule has 0 aliphatic carbocycles. The number of hydrogen-bond donors (Lipinski definition) is 2. The first kappa shape index (κ1) is 15.5. The van der Waals surface area contributed by atoms with Gasteiger partial charge in [0.1, 0.15) is 5.65 Å². The summed E-state index contributed by atoms with van der Waals surface area (Å²) in [6.07, 6.45) is 3.05. The van der Waals surface area contributed by atoms with E-state index in [1.807, 2.05) is 20.8 Å². The predicted molar refractivity (Wildman–Crippen MR) is 77.7 cm³/mol. The third kappa shape index (κ3) is 3.79. The van der Waals surface area contributed by atoms with E-state index in [0.29, 0.717) is 5.65 Å². The van der Waals surface area contributed by atoms with Gasteiger partial charge in [-0.3, -0.25) is 14.6 Å². The molecule has 114 valence electrons. The van der Waals surface area contributed by atoms with Crippen LogP contribution in [0.1, 0.15) is 27.2 Å². The number of imidazole rings is 1. The molecule has 0 atom stereocenters. The molecule has 8 heteroatoms. The van der Waals surface area contributed by atoms with Gasteiger partial charge in [0.05, 0.1) is 6.20 Å². The summed E-state index contributed by atoms with van der Waals surface area (Å²) in [7, 11) is -3.88. The molecule has 21 heavy (non-hydrogen) atoms. The standard InChI is InChI=1S/C13H18N4O3S/c1-13(2,3)8-11(18)15-16-21(19,20)12-9-14-10-6-4-5-7-17(10)12/h4-7,9,16H,8H2,1-3H3,(H,15,18). The van der Waals surface area contributed by atoms with Crippen molar-refractivity contribution < 1.29 is 13.2 Å². The summed E-state index contributed by atoms with van der Waals surface area (Å²) >= 11 is 0. The lowest BCUT2D eigenvalue weighted by Crippen LogP contribution is -2.43. The molecule has 0 unspecified atom stereocenters. The van der Waals surface area contributed by atoms with Crippen LogP contribution in [0.15, 0.2) is 35.6 Å². The minimum absolute atomic E-state index is 0.0332. The van der Waals surface area contributed by atoms with E-state index < -0.39 is 10.0 Å². The minimum atomic E-state index is -3.88. The lowest BCUT2D eigenvalue weighted by Gasteiger charge is -2.17. The largest absolute Gasteiger partial charge is 0.289 e. The molecule has 0 aliphatic rings. The molecule has 7 nitrogen and oxygen atoms in total. The van der Waals surface area contributed by atoms with Gasteiger partial charge in [0.25, 0.3) is 10.0 Å². The van der Waals surface area contributed by atoms with Crippen molar-refractivity contribution in [3.63, 3.8) is 0 Å². The van der Waals surface area contributed by atoms with Gasteiger partial charge < -0.3 is 0 Å². The molecule has 0 bridgehead atoms. The summed E-state index contributed by atoms with van der Waals surface area (Å²) in [5, 5.41) is -0.0332. The van der Waals surface area contributed by atoms with Gasteiger partial charge in [-0.2, -0.15) is 0 Å². The molecule has 0 spiro atoms. The number of rotatable bonds is 4. The smallest absolute Gasteiger partial charge is 0.274 e. The van der Waals surface area contributed by atoms with E-state index >= 15 is 0 Å². The quantitative estimate of drug-likeness (QED) is 0.827. The van der Waals surface area contributed by atoms with Crippen LogP contribution in [0.3, 0.4) is 0 Å². The van der Waals surface area contributed by atoms with Crippen LogP contribution in [0.5, 0.6) is 0 Å². The average Bonchev–Trinajstić information content (AvgIpc) is 2.79. The van der Waals surface area contributed by atoms with Crippen LogP contribution in [0.25, 0.3) is 5.65 Å². The highest BCUT2D eigenvalue weighted by atomic mass is 32.2. The Balaban J connectivity index is 2.14. The van der Waals surface area contributed by atoms with E-state index in [9.17, 15) is 13.2 Å². The van der Waals surface area contributed by atoms with Crippen molar-refractivity contribution in [2.75, 3.05) is 0 Å². The second kappa shape index (κ2) is 5.45. The molecule has 0 radical (unpaired) electrons. The van der Waals surface area contributed by atoms with E-state index in [2.05, 4.69) is 15.2 Å². The molecule has 0 aromatic carbocycles. The Morgan fingerprint density at radius 3 is 2.71 bits per heavy atom. The zero-order chi connectivity index (χ0) is 15.7.